The van der Waals surface area contributed by atoms with E-state index in [4.69, 9.17) is 5.10 Å². The average Bonchev–Trinajstić information content (AvgIpc) is 3.47. The number of halogens is 1. The molecule has 0 unspecified atom stereocenters. The van der Waals surface area contributed by atoms with Gasteiger partial charge in [0.1, 0.15) is 11.6 Å². The lowest BCUT2D eigenvalue weighted by atomic mass is 10.1. The molecule has 3 heterocycles. The SMILES string of the molecule is CCN1CCN(c2c(CN(CC(C)C)C(=O)c3cccs3)c(C)nn2-c2cccc(F)c2)CC1. The number of aryl methyl sites for hydroxylation is 1. The van der Waals surface area contributed by atoms with Gasteiger partial charge in [-0.25, -0.2) is 9.07 Å². The van der Waals surface area contributed by atoms with Crippen LogP contribution in [0.15, 0.2) is 41.8 Å². The van der Waals surface area contributed by atoms with E-state index in [1.165, 1.54) is 23.5 Å². The second kappa shape index (κ2) is 10.7. The quantitative estimate of drug-likeness (QED) is 0.461. The van der Waals surface area contributed by atoms with Gasteiger partial charge in [-0.2, -0.15) is 5.10 Å². The number of rotatable bonds is 8. The van der Waals surface area contributed by atoms with E-state index in [1.54, 1.807) is 6.07 Å². The van der Waals surface area contributed by atoms with Crippen molar-refractivity contribution in [2.45, 2.75) is 34.2 Å². The van der Waals surface area contributed by atoms with Crippen LogP contribution in [0, 0.1) is 18.7 Å². The Labute approximate surface area is 205 Å². The van der Waals surface area contributed by atoms with Crippen molar-refractivity contribution in [2.75, 3.05) is 44.2 Å². The Bertz CT molecular complexity index is 1100. The minimum Gasteiger partial charge on any atom is -0.354 e. The van der Waals surface area contributed by atoms with Crippen LogP contribution in [0.1, 0.15) is 41.7 Å². The van der Waals surface area contributed by atoms with Gasteiger partial charge in [0.25, 0.3) is 5.91 Å². The van der Waals surface area contributed by atoms with Crippen molar-refractivity contribution < 1.29 is 9.18 Å². The van der Waals surface area contributed by atoms with Crippen LogP contribution < -0.4 is 4.90 Å². The molecule has 0 spiro atoms. The van der Waals surface area contributed by atoms with Crippen molar-refractivity contribution in [2.24, 2.45) is 5.92 Å². The molecule has 0 bridgehead atoms. The van der Waals surface area contributed by atoms with Gasteiger partial charge in [0.15, 0.2) is 0 Å². The highest BCUT2D eigenvalue weighted by molar-refractivity contribution is 7.12. The fourth-order valence-electron chi connectivity index (χ4n) is 4.53. The Morgan fingerprint density at radius 2 is 1.94 bits per heavy atom. The standard InChI is InChI=1S/C26H34FN5OS/c1-5-29-11-13-30(14-12-29)25-23(20(4)28-32(25)22-9-6-8-21(27)16-22)18-31(17-19(2)3)26(33)24-10-7-15-34-24/h6-10,15-16,19H,5,11-14,17-18H2,1-4H3. The van der Waals surface area contributed by atoms with Crippen molar-refractivity contribution in [3.8, 4) is 5.69 Å². The average molecular weight is 484 g/mol. The molecule has 3 aromatic rings. The first-order chi connectivity index (χ1) is 16.4. The molecule has 0 aliphatic carbocycles. The summed E-state index contributed by atoms with van der Waals surface area (Å²) in [7, 11) is 0. The molecule has 0 atom stereocenters. The summed E-state index contributed by atoms with van der Waals surface area (Å²) in [5.74, 6) is 1.05. The molecule has 34 heavy (non-hydrogen) atoms. The fourth-order valence-corrected chi connectivity index (χ4v) is 5.22. The molecule has 1 aromatic carbocycles. The number of hydrogen-bond acceptors (Lipinski definition) is 5. The summed E-state index contributed by atoms with van der Waals surface area (Å²) >= 11 is 1.47. The molecule has 1 fully saturated rings. The number of anilines is 1. The number of piperazine rings is 1. The van der Waals surface area contributed by atoms with Crippen LogP contribution >= 0.6 is 11.3 Å². The van der Waals surface area contributed by atoms with Crippen molar-refractivity contribution in [3.63, 3.8) is 0 Å². The number of nitrogens with zero attached hydrogens (tertiary/aromatic N) is 5. The number of aromatic nitrogens is 2. The summed E-state index contributed by atoms with van der Waals surface area (Å²) in [6.07, 6.45) is 0. The first kappa shape index (κ1) is 24.4. The second-order valence-electron chi connectivity index (χ2n) is 9.26. The molecule has 0 radical (unpaired) electrons. The molecular weight excluding hydrogens is 449 g/mol. The number of likely N-dealkylation sites (N-methyl/N-ethyl adjacent to an activating group) is 1. The molecule has 182 valence electrons. The van der Waals surface area contributed by atoms with Crippen LogP contribution in [0.5, 0.6) is 0 Å². The third-order valence-corrected chi connectivity index (χ3v) is 7.14. The molecular formula is C26H34FN5OS. The van der Waals surface area contributed by atoms with Gasteiger partial charge in [-0.05, 0) is 49.0 Å². The Kier molecular flexibility index (Phi) is 7.68. The summed E-state index contributed by atoms with van der Waals surface area (Å²) in [5, 5.41) is 6.79. The van der Waals surface area contributed by atoms with E-state index in [-0.39, 0.29) is 11.7 Å². The lowest BCUT2D eigenvalue weighted by molar-refractivity contribution is 0.0727. The van der Waals surface area contributed by atoms with E-state index in [2.05, 4.69) is 30.6 Å². The Morgan fingerprint density at radius 1 is 1.18 bits per heavy atom. The lowest BCUT2D eigenvalue weighted by Crippen LogP contribution is -2.47. The Balaban J connectivity index is 1.75. The molecule has 8 heteroatoms. The van der Waals surface area contributed by atoms with Crippen LogP contribution in [-0.4, -0.2) is 64.8 Å². The van der Waals surface area contributed by atoms with Crippen molar-refractivity contribution >= 4 is 23.1 Å². The van der Waals surface area contributed by atoms with Gasteiger partial charge in [-0.15, -0.1) is 11.3 Å². The monoisotopic (exact) mass is 483 g/mol. The predicted octanol–water partition coefficient (Wildman–Crippen LogP) is 4.82. The van der Waals surface area contributed by atoms with Crippen LogP contribution in [0.25, 0.3) is 5.69 Å². The van der Waals surface area contributed by atoms with Gasteiger partial charge >= 0.3 is 0 Å². The van der Waals surface area contributed by atoms with E-state index < -0.39 is 0 Å². The molecule has 0 saturated carbocycles. The zero-order valence-electron chi connectivity index (χ0n) is 20.5. The molecule has 2 aromatic heterocycles. The molecule has 0 N–H and O–H groups in total. The summed E-state index contributed by atoms with van der Waals surface area (Å²) in [6, 6.07) is 10.4. The third kappa shape index (κ3) is 5.33. The van der Waals surface area contributed by atoms with Gasteiger partial charge in [-0.3, -0.25) is 4.79 Å². The smallest absolute Gasteiger partial charge is 0.264 e. The summed E-state index contributed by atoms with van der Waals surface area (Å²) in [4.78, 5) is 20.8. The topological polar surface area (TPSA) is 44.6 Å². The van der Waals surface area contributed by atoms with Gasteiger partial charge in [-0.1, -0.05) is 32.9 Å². The Morgan fingerprint density at radius 3 is 2.56 bits per heavy atom. The zero-order valence-corrected chi connectivity index (χ0v) is 21.3. The largest absolute Gasteiger partial charge is 0.354 e. The first-order valence-corrected chi connectivity index (χ1v) is 12.9. The highest BCUT2D eigenvalue weighted by atomic mass is 32.1. The molecule has 1 aliphatic heterocycles. The van der Waals surface area contributed by atoms with Gasteiger partial charge in [0, 0.05) is 38.3 Å². The van der Waals surface area contributed by atoms with Crippen LogP contribution in [0.4, 0.5) is 10.2 Å². The third-order valence-electron chi connectivity index (χ3n) is 6.28. The number of carbonyl (C=O) groups excluding carboxylic acids is 1. The molecule has 4 rings (SSSR count). The molecule has 1 amide bonds. The zero-order chi connectivity index (χ0) is 24.2. The van der Waals surface area contributed by atoms with E-state index in [0.29, 0.717) is 24.7 Å². The van der Waals surface area contributed by atoms with E-state index >= 15 is 0 Å². The highest BCUT2D eigenvalue weighted by Gasteiger charge is 2.28. The van der Waals surface area contributed by atoms with E-state index in [9.17, 15) is 9.18 Å². The van der Waals surface area contributed by atoms with Crippen molar-refractivity contribution in [1.82, 2.24) is 19.6 Å². The van der Waals surface area contributed by atoms with E-state index in [1.807, 2.05) is 40.1 Å². The highest BCUT2D eigenvalue weighted by Crippen LogP contribution is 2.31. The predicted molar refractivity (Wildman–Crippen MR) is 136 cm³/mol. The number of amides is 1. The maximum absolute atomic E-state index is 14.1. The summed E-state index contributed by atoms with van der Waals surface area (Å²) in [6.45, 7) is 14.2. The first-order valence-electron chi connectivity index (χ1n) is 12.0. The van der Waals surface area contributed by atoms with E-state index in [0.717, 1.165) is 54.7 Å². The Hall–Kier alpha value is -2.71. The second-order valence-corrected chi connectivity index (χ2v) is 10.2. The van der Waals surface area contributed by atoms with Crippen molar-refractivity contribution in [1.29, 1.82) is 0 Å². The fraction of sp³-hybridized carbons (Fsp3) is 0.462. The van der Waals surface area contributed by atoms with Gasteiger partial charge in [0.2, 0.25) is 0 Å². The normalized spacial score (nSPS) is 14.7. The lowest BCUT2D eigenvalue weighted by Gasteiger charge is -2.36. The maximum Gasteiger partial charge on any atom is 0.264 e. The van der Waals surface area contributed by atoms with Crippen LogP contribution in [0.2, 0.25) is 0 Å². The van der Waals surface area contributed by atoms with Gasteiger partial charge in [0.05, 0.1) is 22.8 Å². The van der Waals surface area contributed by atoms with Gasteiger partial charge < -0.3 is 14.7 Å². The molecule has 1 saturated heterocycles. The summed E-state index contributed by atoms with van der Waals surface area (Å²) < 4.78 is 16.0. The van der Waals surface area contributed by atoms with Crippen molar-refractivity contribution in [3.05, 3.63) is 63.7 Å². The summed E-state index contributed by atoms with van der Waals surface area (Å²) in [5.41, 5.74) is 2.59. The number of hydrogen-bond donors (Lipinski definition) is 0. The molecule has 1 aliphatic rings. The number of benzene rings is 1. The number of carbonyl (C=O) groups is 1. The van der Waals surface area contributed by atoms with Crippen LogP contribution in [0.3, 0.4) is 0 Å². The minimum atomic E-state index is -0.289. The maximum atomic E-state index is 14.1. The minimum absolute atomic E-state index is 0.0448. The van der Waals surface area contributed by atoms with Crippen LogP contribution in [-0.2, 0) is 6.54 Å². The number of thiophene rings is 1. The molecule has 6 nitrogen and oxygen atoms in total.